The molecule has 0 aliphatic carbocycles. The summed E-state index contributed by atoms with van der Waals surface area (Å²) in [6.45, 7) is 3.21. The molecule has 1 N–H and O–H groups in total. The van der Waals surface area contributed by atoms with Gasteiger partial charge in [0.1, 0.15) is 11.9 Å². The van der Waals surface area contributed by atoms with Gasteiger partial charge in [0.2, 0.25) is 5.91 Å². The van der Waals surface area contributed by atoms with Crippen LogP contribution in [0.3, 0.4) is 0 Å². The molecular weight excluding hydrogens is 256 g/mol. The van der Waals surface area contributed by atoms with Crippen LogP contribution in [0, 0.1) is 0 Å². The Labute approximate surface area is 119 Å². The molecule has 1 amide bonds. The van der Waals surface area contributed by atoms with Gasteiger partial charge in [0.05, 0.1) is 13.2 Å². The number of carbonyl (C=O) groups excluding carboxylic acids is 1. The second-order valence-electron chi connectivity index (χ2n) is 4.91. The van der Waals surface area contributed by atoms with Gasteiger partial charge in [0, 0.05) is 25.8 Å². The molecular formula is C15H22N2O3. The van der Waals surface area contributed by atoms with Crippen LogP contribution in [0.25, 0.3) is 0 Å². The number of rotatable bonds is 6. The van der Waals surface area contributed by atoms with Crippen molar-refractivity contribution in [3.8, 4) is 5.75 Å². The van der Waals surface area contributed by atoms with Crippen LogP contribution in [0.2, 0.25) is 0 Å². The van der Waals surface area contributed by atoms with Crippen LogP contribution in [0.5, 0.6) is 5.75 Å². The summed E-state index contributed by atoms with van der Waals surface area (Å²) in [5.74, 6) is 0.917. The van der Waals surface area contributed by atoms with Crippen molar-refractivity contribution in [3.05, 3.63) is 29.8 Å². The van der Waals surface area contributed by atoms with Crippen LogP contribution in [-0.2, 0) is 9.53 Å². The molecule has 2 unspecified atom stereocenters. The number of nitrogens with one attached hydrogen (secondary N) is 1. The highest BCUT2D eigenvalue weighted by molar-refractivity contribution is 5.84. The van der Waals surface area contributed by atoms with E-state index in [1.807, 2.05) is 36.1 Å². The summed E-state index contributed by atoms with van der Waals surface area (Å²) in [6, 6.07) is 7.62. The average molecular weight is 278 g/mol. The smallest absolute Gasteiger partial charge is 0.241 e. The minimum atomic E-state index is -0.174. The zero-order valence-electron chi connectivity index (χ0n) is 12.3. The fraction of sp³-hybridized carbons (Fsp3) is 0.533. The van der Waals surface area contributed by atoms with E-state index in [-0.39, 0.29) is 18.1 Å². The summed E-state index contributed by atoms with van der Waals surface area (Å²) in [7, 11) is 3.32. The van der Waals surface area contributed by atoms with Crippen molar-refractivity contribution in [1.82, 2.24) is 10.2 Å². The zero-order valence-corrected chi connectivity index (χ0v) is 12.3. The van der Waals surface area contributed by atoms with E-state index in [1.165, 1.54) is 0 Å². The molecule has 0 radical (unpaired) electrons. The first-order valence-corrected chi connectivity index (χ1v) is 6.87. The van der Waals surface area contributed by atoms with Crippen molar-refractivity contribution in [2.75, 3.05) is 27.4 Å². The number of nitrogens with zero attached hydrogens (tertiary/aromatic N) is 1. The quantitative estimate of drug-likeness (QED) is 0.802. The Bertz CT molecular complexity index is 464. The molecule has 1 aromatic rings. The molecule has 2 rings (SSSR count). The first kappa shape index (κ1) is 14.8. The highest BCUT2D eigenvalue weighted by Crippen LogP contribution is 2.31. The largest absolute Gasteiger partial charge is 0.496 e. The molecule has 0 aromatic heterocycles. The summed E-state index contributed by atoms with van der Waals surface area (Å²) >= 11 is 0. The van der Waals surface area contributed by atoms with Gasteiger partial charge in [-0.15, -0.1) is 0 Å². The van der Waals surface area contributed by atoms with Gasteiger partial charge >= 0.3 is 0 Å². The Hall–Kier alpha value is -1.59. The maximum atomic E-state index is 12.3. The molecule has 2 atom stereocenters. The molecule has 1 aliphatic rings. The third-order valence-corrected chi connectivity index (χ3v) is 3.55. The van der Waals surface area contributed by atoms with Crippen molar-refractivity contribution in [1.29, 1.82) is 0 Å². The minimum absolute atomic E-state index is 0.122. The fourth-order valence-electron chi connectivity index (χ4n) is 2.54. The van der Waals surface area contributed by atoms with Crippen molar-refractivity contribution in [3.63, 3.8) is 0 Å². The Morgan fingerprint density at radius 1 is 1.30 bits per heavy atom. The van der Waals surface area contributed by atoms with Crippen molar-refractivity contribution in [2.45, 2.75) is 25.6 Å². The van der Waals surface area contributed by atoms with E-state index in [0.29, 0.717) is 13.2 Å². The molecule has 1 aromatic carbocycles. The van der Waals surface area contributed by atoms with Crippen LogP contribution in [-0.4, -0.2) is 44.2 Å². The van der Waals surface area contributed by atoms with Crippen LogP contribution in [0.1, 0.15) is 25.1 Å². The third kappa shape index (κ3) is 2.94. The molecule has 110 valence electrons. The number of methoxy groups -OCH3 is 2. The highest BCUT2D eigenvalue weighted by Gasteiger charge is 2.37. The molecule has 1 saturated heterocycles. The Morgan fingerprint density at radius 2 is 2.05 bits per heavy atom. The summed E-state index contributed by atoms with van der Waals surface area (Å²) in [5, 5.41) is 3.33. The van der Waals surface area contributed by atoms with Gasteiger partial charge in [-0.3, -0.25) is 10.1 Å². The highest BCUT2D eigenvalue weighted by atomic mass is 16.5. The van der Waals surface area contributed by atoms with Gasteiger partial charge in [-0.05, 0) is 19.4 Å². The predicted molar refractivity (Wildman–Crippen MR) is 76.5 cm³/mol. The third-order valence-electron chi connectivity index (χ3n) is 3.55. The lowest BCUT2D eigenvalue weighted by Crippen LogP contribution is -2.32. The Morgan fingerprint density at radius 3 is 2.75 bits per heavy atom. The van der Waals surface area contributed by atoms with Gasteiger partial charge in [-0.2, -0.15) is 0 Å². The molecule has 1 aliphatic heterocycles. The van der Waals surface area contributed by atoms with Crippen molar-refractivity contribution < 1.29 is 14.3 Å². The van der Waals surface area contributed by atoms with E-state index in [1.54, 1.807) is 14.2 Å². The lowest BCUT2D eigenvalue weighted by atomic mass is 10.1. The van der Waals surface area contributed by atoms with Gasteiger partial charge in [0.15, 0.2) is 0 Å². The molecule has 5 nitrogen and oxygen atoms in total. The summed E-state index contributed by atoms with van der Waals surface area (Å²) in [6.07, 6.45) is 0.688. The molecule has 1 fully saturated rings. The number of benzene rings is 1. The normalized spacial score (nSPS) is 22.4. The first-order chi connectivity index (χ1) is 9.69. The second kappa shape index (κ2) is 6.72. The number of amides is 1. The summed E-state index contributed by atoms with van der Waals surface area (Å²) in [5.41, 5.74) is 0.991. The fourth-order valence-corrected chi connectivity index (χ4v) is 2.54. The van der Waals surface area contributed by atoms with Crippen LogP contribution in [0.4, 0.5) is 0 Å². The number of carbonyl (C=O) groups is 1. The maximum Gasteiger partial charge on any atom is 0.241 e. The molecule has 0 saturated carbocycles. The van der Waals surface area contributed by atoms with E-state index in [2.05, 4.69) is 5.32 Å². The van der Waals surface area contributed by atoms with E-state index in [9.17, 15) is 4.79 Å². The topological polar surface area (TPSA) is 50.8 Å². The van der Waals surface area contributed by atoms with Crippen molar-refractivity contribution >= 4 is 5.91 Å². The molecule has 5 heteroatoms. The van der Waals surface area contributed by atoms with Crippen molar-refractivity contribution in [2.24, 2.45) is 0 Å². The molecule has 20 heavy (non-hydrogen) atoms. The van der Waals surface area contributed by atoms with Crippen LogP contribution in [0.15, 0.2) is 24.3 Å². The lowest BCUT2D eigenvalue weighted by Gasteiger charge is -2.25. The van der Waals surface area contributed by atoms with E-state index in [0.717, 1.165) is 17.7 Å². The predicted octanol–water partition coefficient (Wildman–Crippen LogP) is 1.55. The number of para-hydroxylation sites is 1. The molecule has 0 bridgehead atoms. The van der Waals surface area contributed by atoms with E-state index in [4.69, 9.17) is 9.47 Å². The molecule has 1 heterocycles. The number of ether oxygens (including phenoxy) is 2. The minimum Gasteiger partial charge on any atom is -0.496 e. The number of hydrogen-bond acceptors (Lipinski definition) is 4. The molecule has 0 spiro atoms. The maximum absolute atomic E-state index is 12.3. The van der Waals surface area contributed by atoms with Crippen LogP contribution >= 0.6 is 0 Å². The van der Waals surface area contributed by atoms with Gasteiger partial charge in [-0.1, -0.05) is 18.2 Å². The zero-order chi connectivity index (χ0) is 14.5. The van der Waals surface area contributed by atoms with Crippen LogP contribution < -0.4 is 10.1 Å². The SMILES string of the molecule is COCCCN1C(=O)C(C)NC1c1ccccc1OC. The van der Waals surface area contributed by atoms with E-state index >= 15 is 0 Å². The van der Waals surface area contributed by atoms with Gasteiger partial charge in [-0.25, -0.2) is 0 Å². The number of hydrogen-bond donors (Lipinski definition) is 1. The Balaban J connectivity index is 2.21. The van der Waals surface area contributed by atoms with Gasteiger partial charge < -0.3 is 14.4 Å². The lowest BCUT2D eigenvalue weighted by molar-refractivity contribution is -0.130. The summed E-state index contributed by atoms with van der Waals surface area (Å²) in [4.78, 5) is 14.1. The monoisotopic (exact) mass is 278 g/mol. The first-order valence-electron chi connectivity index (χ1n) is 6.87. The standard InChI is InChI=1S/C15H22N2O3/c1-11-15(18)17(9-6-10-19-2)14(16-11)12-7-4-5-8-13(12)20-3/h4-5,7-8,11,14,16H,6,9-10H2,1-3H3. The van der Waals surface area contributed by atoms with Gasteiger partial charge in [0.25, 0.3) is 0 Å². The summed E-state index contributed by atoms with van der Waals surface area (Å²) < 4.78 is 10.5. The second-order valence-corrected chi connectivity index (χ2v) is 4.91. The van der Waals surface area contributed by atoms with E-state index < -0.39 is 0 Å². The Kier molecular flexibility index (Phi) is 4.98. The average Bonchev–Trinajstić information content (AvgIpc) is 2.75.